The predicted octanol–water partition coefficient (Wildman–Crippen LogP) is 1.34. The van der Waals surface area contributed by atoms with Gasteiger partial charge in [0.1, 0.15) is 0 Å². The van der Waals surface area contributed by atoms with Gasteiger partial charge < -0.3 is 0 Å². The molecule has 1 aliphatic rings. The molecule has 0 saturated carbocycles. The Labute approximate surface area is 172 Å². The fraction of sp³-hybridized carbons (Fsp3) is 0.105. The summed E-state index contributed by atoms with van der Waals surface area (Å²) in [5.41, 5.74) is 10.2. The molecule has 3 rings (SSSR count). The average Bonchev–Trinajstić information content (AvgIpc) is 2.80. The number of benzene rings is 2. The molecule has 0 aliphatic carbocycles. The van der Waals surface area contributed by atoms with Gasteiger partial charge in [-0.3, -0.25) is 0 Å². The van der Waals surface area contributed by atoms with Crippen LogP contribution in [-0.2, 0) is 0 Å². The SMILES string of the molecule is COc1ccc(C2=C[I-]C(=N)C(CN)=C(c3ccc(Cl)cc3Cl)N2)cc1. The van der Waals surface area contributed by atoms with Crippen molar-refractivity contribution in [1.29, 1.82) is 5.41 Å². The number of nitrogens with two attached hydrogens (primary N) is 1. The summed E-state index contributed by atoms with van der Waals surface area (Å²) in [7, 11) is 1.64. The molecule has 0 bridgehead atoms. The zero-order valence-corrected chi connectivity index (χ0v) is 17.6. The Morgan fingerprint density at radius 1 is 1.15 bits per heavy atom. The quantitative estimate of drug-likeness (QED) is 0.555. The van der Waals surface area contributed by atoms with Gasteiger partial charge in [0.15, 0.2) is 0 Å². The number of hydrogen-bond donors (Lipinski definition) is 3. The summed E-state index contributed by atoms with van der Waals surface area (Å²) >= 11 is 11.8. The van der Waals surface area contributed by atoms with Crippen LogP contribution in [0.5, 0.6) is 5.75 Å². The monoisotopic (exact) mass is 500 g/mol. The van der Waals surface area contributed by atoms with E-state index in [2.05, 4.69) is 9.40 Å². The van der Waals surface area contributed by atoms with Crippen LogP contribution in [-0.4, -0.2) is 17.4 Å². The van der Waals surface area contributed by atoms with Gasteiger partial charge in [-0.25, -0.2) is 0 Å². The molecule has 2 aromatic carbocycles. The van der Waals surface area contributed by atoms with Gasteiger partial charge in [-0.05, 0) is 0 Å². The van der Waals surface area contributed by atoms with Crippen LogP contribution in [0.1, 0.15) is 11.1 Å². The van der Waals surface area contributed by atoms with E-state index in [4.69, 9.17) is 39.1 Å². The van der Waals surface area contributed by atoms with E-state index in [1.165, 1.54) is 0 Å². The summed E-state index contributed by atoms with van der Waals surface area (Å²) in [6.07, 6.45) is 0. The maximum absolute atomic E-state index is 8.43. The van der Waals surface area contributed by atoms with Gasteiger partial charge in [-0.15, -0.1) is 0 Å². The van der Waals surface area contributed by atoms with Gasteiger partial charge >= 0.3 is 173 Å². The van der Waals surface area contributed by atoms with Crippen LogP contribution in [0.15, 0.2) is 52.1 Å². The standard InChI is InChI=1S/C19H17Cl2IN3O/c1-26-13-5-2-11(3-6-13)17-9-22-19(24)15(10-23)18(25-17)14-7-4-12(20)8-16(14)21/h2-9,24-25H,10,23H2,1H3/q-1. The third kappa shape index (κ3) is 4.06. The first-order chi connectivity index (χ1) is 12.5. The molecule has 0 fully saturated rings. The molecule has 4 N–H and O–H groups in total. The zero-order chi connectivity index (χ0) is 18.7. The number of nitrogens with one attached hydrogen (secondary N) is 2. The van der Waals surface area contributed by atoms with Crippen LogP contribution in [0, 0.1) is 5.41 Å². The Kier molecular flexibility index (Phi) is 6.24. The second-order valence-corrected chi connectivity index (χ2v) is 8.65. The molecule has 0 saturated heterocycles. The summed E-state index contributed by atoms with van der Waals surface area (Å²) in [4.78, 5) is 0. The Balaban J connectivity index is 2.07. The van der Waals surface area contributed by atoms with E-state index in [0.717, 1.165) is 33.8 Å². The fourth-order valence-electron chi connectivity index (χ4n) is 2.54. The molecular formula is C19H17Cl2IN3O-. The second kappa shape index (κ2) is 8.43. The van der Waals surface area contributed by atoms with E-state index >= 15 is 0 Å². The van der Waals surface area contributed by atoms with Crippen LogP contribution in [0.3, 0.4) is 0 Å². The minimum absolute atomic E-state index is 0.267. The van der Waals surface area contributed by atoms with Crippen molar-refractivity contribution in [3.8, 4) is 5.75 Å². The summed E-state index contributed by atoms with van der Waals surface area (Å²) in [5, 5.41) is 13.0. The molecule has 26 heavy (non-hydrogen) atoms. The molecule has 0 aromatic heterocycles. The first kappa shape index (κ1) is 19.2. The van der Waals surface area contributed by atoms with Gasteiger partial charge in [-0.2, -0.15) is 0 Å². The number of ether oxygens (including phenoxy) is 1. The van der Waals surface area contributed by atoms with Gasteiger partial charge in [0.2, 0.25) is 0 Å². The van der Waals surface area contributed by atoms with Gasteiger partial charge in [0, 0.05) is 0 Å². The van der Waals surface area contributed by atoms with E-state index in [9.17, 15) is 0 Å². The first-order valence-corrected chi connectivity index (χ1v) is 10.8. The first-order valence-electron chi connectivity index (χ1n) is 7.76. The zero-order valence-electron chi connectivity index (χ0n) is 13.9. The molecule has 0 spiro atoms. The molecule has 4 nitrogen and oxygen atoms in total. The van der Waals surface area contributed by atoms with E-state index < -0.39 is 21.2 Å². The van der Waals surface area contributed by atoms with Crippen molar-refractivity contribution in [3.63, 3.8) is 0 Å². The number of methoxy groups -OCH3 is 1. The third-order valence-electron chi connectivity index (χ3n) is 3.90. The fourth-order valence-corrected chi connectivity index (χ4v) is 5.05. The molecule has 0 radical (unpaired) electrons. The van der Waals surface area contributed by atoms with Crippen LogP contribution in [0.4, 0.5) is 0 Å². The van der Waals surface area contributed by atoms with Gasteiger partial charge in [0.25, 0.3) is 0 Å². The molecule has 0 unspecified atom stereocenters. The van der Waals surface area contributed by atoms with Crippen LogP contribution >= 0.6 is 23.2 Å². The normalized spacial score (nSPS) is 14.9. The van der Waals surface area contributed by atoms with Crippen molar-refractivity contribution in [2.45, 2.75) is 0 Å². The average molecular weight is 501 g/mol. The van der Waals surface area contributed by atoms with Crippen LogP contribution in [0.2, 0.25) is 10.0 Å². The summed E-state index contributed by atoms with van der Waals surface area (Å²) < 4.78 is 7.89. The van der Waals surface area contributed by atoms with Crippen molar-refractivity contribution in [2.75, 3.05) is 13.7 Å². The Morgan fingerprint density at radius 2 is 1.88 bits per heavy atom. The molecule has 1 aliphatic heterocycles. The molecular weight excluding hydrogens is 484 g/mol. The number of hydrogen-bond acceptors (Lipinski definition) is 4. The number of rotatable bonds is 4. The van der Waals surface area contributed by atoms with Crippen molar-refractivity contribution in [2.24, 2.45) is 5.73 Å². The summed E-state index contributed by atoms with van der Waals surface area (Å²) in [5.74, 6) is 0.796. The summed E-state index contributed by atoms with van der Waals surface area (Å²) in [6.45, 7) is 0.267. The van der Waals surface area contributed by atoms with Gasteiger partial charge in [-0.1, -0.05) is 0 Å². The Morgan fingerprint density at radius 3 is 2.50 bits per heavy atom. The van der Waals surface area contributed by atoms with Crippen molar-refractivity contribution >= 4 is 38.3 Å². The van der Waals surface area contributed by atoms with Crippen LogP contribution in [0.25, 0.3) is 11.4 Å². The van der Waals surface area contributed by atoms with Crippen molar-refractivity contribution in [3.05, 3.63) is 73.3 Å². The molecule has 0 atom stereocenters. The maximum atomic E-state index is 8.43. The topological polar surface area (TPSA) is 71.1 Å². The number of halogens is 3. The molecule has 7 heteroatoms. The Bertz CT molecular complexity index is 908. The van der Waals surface area contributed by atoms with Crippen molar-refractivity contribution in [1.82, 2.24) is 5.32 Å². The van der Waals surface area contributed by atoms with E-state index in [1.807, 2.05) is 30.3 Å². The summed E-state index contributed by atoms with van der Waals surface area (Å²) in [6, 6.07) is 13.1. The second-order valence-electron chi connectivity index (χ2n) is 5.48. The Hall–Kier alpha value is -1.54. The molecule has 2 aromatic rings. The van der Waals surface area contributed by atoms with Gasteiger partial charge in [0.05, 0.1) is 0 Å². The minimum atomic E-state index is -0.615. The van der Waals surface area contributed by atoms with E-state index in [-0.39, 0.29) is 6.54 Å². The van der Waals surface area contributed by atoms with E-state index in [1.54, 1.807) is 19.2 Å². The third-order valence-corrected chi connectivity index (χ3v) is 6.66. The molecule has 1 heterocycles. The molecule has 0 amide bonds. The van der Waals surface area contributed by atoms with Crippen molar-refractivity contribution < 1.29 is 25.9 Å². The predicted molar refractivity (Wildman–Crippen MR) is 104 cm³/mol. The van der Waals surface area contributed by atoms with E-state index in [0.29, 0.717) is 13.8 Å². The molecule has 136 valence electrons. The van der Waals surface area contributed by atoms with Crippen LogP contribution < -0.4 is 37.0 Å².